The highest BCUT2D eigenvalue weighted by molar-refractivity contribution is 5.85. The molecule has 2 rings (SSSR count). The zero-order valence-corrected chi connectivity index (χ0v) is 12.8. The van der Waals surface area contributed by atoms with Crippen molar-refractivity contribution in [2.24, 2.45) is 0 Å². The standard InChI is InChI=1S/C15H21NO3.ClH/c1-3-14(17)19-15(13-7-5-4-6-8-13)9-11-16(2,18)12-10-15;/h4-8H,3,9-12H2,1-2H3;1H. The minimum atomic E-state index is -0.615. The number of hydrogen-bond acceptors (Lipinski definition) is 3. The smallest absolute Gasteiger partial charge is 0.306 e. The minimum absolute atomic E-state index is 0. The van der Waals surface area contributed by atoms with Crippen molar-refractivity contribution in [3.63, 3.8) is 0 Å². The molecule has 1 heterocycles. The first kappa shape index (κ1) is 17.0. The minimum Gasteiger partial charge on any atom is -0.633 e. The third-order valence-corrected chi connectivity index (χ3v) is 3.88. The van der Waals surface area contributed by atoms with E-state index in [0.717, 1.165) is 5.56 Å². The first-order chi connectivity index (χ1) is 8.97. The average molecular weight is 300 g/mol. The lowest BCUT2D eigenvalue weighted by molar-refractivity contribution is -0.868. The summed E-state index contributed by atoms with van der Waals surface area (Å²) in [5.41, 5.74) is 0.382. The largest absolute Gasteiger partial charge is 0.633 e. The number of hydroxylamine groups is 3. The predicted molar refractivity (Wildman–Crippen MR) is 80.3 cm³/mol. The van der Waals surface area contributed by atoms with E-state index >= 15 is 0 Å². The number of halogens is 1. The van der Waals surface area contributed by atoms with Crippen LogP contribution in [0, 0.1) is 5.21 Å². The number of carbonyl (C=O) groups is 1. The molecule has 0 spiro atoms. The van der Waals surface area contributed by atoms with Crippen molar-refractivity contribution < 1.29 is 14.2 Å². The molecule has 1 fully saturated rings. The summed E-state index contributed by atoms with van der Waals surface area (Å²) >= 11 is 0. The molecule has 112 valence electrons. The van der Waals surface area contributed by atoms with Crippen LogP contribution >= 0.6 is 12.4 Å². The molecule has 0 atom stereocenters. The third-order valence-electron chi connectivity index (χ3n) is 3.88. The van der Waals surface area contributed by atoms with Gasteiger partial charge in [-0.05, 0) is 5.56 Å². The van der Waals surface area contributed by atoms with Crippen LogP contribution < -0.4 is 0 Å². The van der Waals surface area contributed by atoms with Gasteiger partial charge in [0.15, 0.2) is 0 Å². The van der Waals surface area contributed by atoms with E-state index in [4.69, 9.17) is 4.74 Å². The van der Waals surface area contributed by atoms with Gasteiger partial charge in [0.05, 0.1) is 20.1 Å². The van der Waals surface area contributed by atoms with E-state index < -0.39 is 5.60 Å². The fraction of sp³-hybridized carbons (Fsp3) is 0.533. The zero-order chi connectivity index (χ0) is 13.9. The van der Waals surface area contributed by atoms with Crippen molar-refractivity contribution in [2.45, 2.75) is 31.8 Å². The van der Waals surface area contributed by atoms with E-state index in [-0.39, 0.29) is 23.0 Å². The fourth-order valence-corrected chi connectivity index (χ4v) is 2.55. The second kappa shape index (κ2) is 6.57. The average Bonchev–Trinajstić information content (AvgIpc) is 2.42. The van der Waals surface area contributed by atoms with E-state index in [1.165, 1.54) is 0 Å². The summed E-state index contributed by atoms with van der Waals surface area (Å²) in [7, 11) is 1.68. The molecule has 5 heteroatoms. The highest BCUT2D eigenvalue weighted by Crippen LogP contribution is 2.38. The molecule has 1 aromatic rings. The van der Waals surface area contributed by atoms with Crippen LogP contribution in [-0.2, 0) is 15.1 Å². The highest BCUT2D eigenvalue weighted by atomic mass is 35.5. The molecule has 0 saturated carbocycles. The summed E-state index contributed by atoms with van der Waals surface area (Å²) in [4.78, 5) is 11.7. The zero-order valence-electron chi connectivity index (χ0n) is 12.0. The Hall–Kier alpha value is -1.10. The number of hydrogen-bond donors (Lipinski definition) is 0. The number of benzene rings is 1. The summed E-state index contributed by atoms with van der Waals surface area (Å²) < 4.78 is 5.47. The quantitative estimate of drug-likeness (QED) is 0.490. The van der Waals surface area contributed by atoms with Crippen molar-refractivity contribution in [1.82, 2.24) is 0 Å². The molecule has 0 bridgehead atoms. The van der Waals surface area contributed by atoms with Crippen molar-refractivity contribution >= 4 is 18.4 Å². The summed E-state index contributed by atoms with van der Waals surface area (Å²) in [6.07, 6.45) is 1.53. The van der Waals surface area contributed by atoms with Crippen LogP contribution in [0.15, 0.2) is 30.3 Å². The third kappa shape index (κ3) is 3.72. The number of carbonyl (C=O) groups excluding carboxylic acids is 1. The molecular weight excluding hydrogens is 278 g/mol. The lowest BCUT2D eigenvalue weighted by Gasteiger charge is -2.48. The normalized spacial score (nSPS) is 29.4. The molecule has 1 aliphatic rings. The number of quaternary nitrogens is 1. The number of rotatable bonds is 3. The van der Waals surface area contributed by atoms with Crippen LogP contribution in [-0.4, -0.2) is 30.8 Å². The Morgan fingerprint density at radius 2 is 1.85 bits per heavy atom. The van der Waals surface area contributed by atoms with Gasteiger partial charge in [0.2, 0.25) is 0 Å². The molecule has 0 amide bonds. The fourth-order valence-electron chi connectivity index (χ4n) is 2.55. The Morgan fingerprint density at radius 3 is 2.35 bits per heavy atom. The number of ether oxygens (including phenoxy) is 1. The summed E-state index contributed by atoms with van der Waals surface area (Å²) in [5, 5.41) is 12.0. The second-order valence-electron chi connectivity index (χ2n) is 5.43. The SMILES string of the molecule is CCC(=O)OC1(c2ccccc2)CC[N+](C)([O-])CC1.Cl. The number of nitrogens with zero attached hydrogens (tertiary/aromatic N) is 1. The van der Waals surface area contributed by atoms with Gasteiger partial charge in [-0.25, -0.2) is 0 Å². The Labute approximate surface area is 126 Å². The molecule has 4 nitrogen and oxygen atoms in total. The Balaban J connectivity index is 0.00000200. The molecule has 20 heavy (non-hydrogen) atoms. The molecule has 0 unspecified atom stereocenters. The maximum Gasteiger partial charge on any atom is 0.306 e. The first-order valence-electron chi connectivity index (χ1n) is 6.80. The van der Waals surface area contributed by atoms with Gasteiger partial charge < -0.3 is 14.6 Å². The molecule has 0 aromatic heterocycles. The van der Waals surface area contributed by atoms with Gasteiger partial charge in [-0.15, -0.1) is 12.4 Å². The van der Waals surface area contributed by atoms with Crippen molar-refractivity contribution in [3.05, 3.63) is 41.1 Å². The first-order valence-corrected chi connectivity index (χ1v) is 6.80. The number of esters is 1. The molecule has 0 radical (unpaired) electrons. The monoisotopic (exact) mass is 299 g/mol. The Bertz CT molecular complexity index is 438. The van der Waals surface area contributed by atoms with Gasteiger partial charge in [0.25, 0.3) is 0 Å². The van der Waals surface area contributed by atoms with Crippen LogP contribution in [0.25, 0.3) is 0 Å². The van der Waals surface area contributed by atoms with Gasteiger partial charge in [-0.3, -0.25) is 4.79 Å². The molecule has 0 aliphatic carbocycles. The maximum absolute atomic E-state index is 12.0. The lowest BCUT2D eigenvalue weighted by Crippen LogP contribution is -2.51. The topological polar surface area (TPSA) is 49.4 Å². The van der Waals surface area contributed by atoms with E-state index in [0.29, 0.717) is 32.4 Å². The van der Waals surface area contributed by atoms with Crippen molar-refractivity contribution in [2.75, 3.05) is 20.1 Å². The van der Waals surface area contributed by atoms with Crippen LogP contribution in [0.5, 0.6) is 0 Å². The van der Waals surface area contributed by atoms with Crippen LogP contribution in [0.2, 0.25) is 0 Å². The van der Waals surface area contributed by atoms with Gasteiger partial charge in [-0.1, -0.05) is 37.3 Å². The highest BCUT2D eigenvalue weighted by Gasteiger charge is 2.42. The number of piperidine rings is 1. The predicted octanol–water partition coefficient (Wildman–Crippen LogP) is 3.00. The van der Waals surface area contributed by atoms with Gasteiger partial charge in [-0.2, -0.15) is 0 Å². The molecule has 0 N–H and O–H groups in total. The molecular formula is C15H22ClNO3. The van der Waals surface area contributed by atoms with Crippen LogP contribution in [0.3, 0.4) is 0 Å². The number of likely N-dealkylation sites (tertiary alicyclic amines) is 1. The van der Waals surface area contributed by atoms with Crippen molar-refractivity contribution in [3.8, 4) is 0 Å². The van der Waals surface area contributed by atoms with Gasteiger partial charge >= 0.3 is 5.97 Å². The Kier molecular flexibility index (Phi) is 5.57. The van der Waals surface area contributed by atoms with E-state index in [1.54, 1.807) is 14.0 Å². The molecule has 1 aromatic carbocycles. The van der Waals surface area contributed by atoms with E-state index in [2.05, 4.69) is 0 Å². The Morgan fingerprint density at radius 1 is 1.30 bits per heavy atom. The maximum atomic E-state index is 12.0. The van der Waals surface area contributed by atoms with E-state index in [9.17, 15) is 10.0 Å². The lowest BCUT2D eigenvalue weighted by atomic mass is 9.84. The molecule has 1 aliphatic heterocycles. The van der Waals surface area contributed by atoms with Crippen LogP contribution in [0.4, 0.5) is 0 Å². The second-order valence-corrected chi connectivity index (χ2v) is 5.43. The summed E-state index contributed by atoms with van der Waals surface area (Å²) in [6, 6.07) is 9.77. The summed E-state index contributed by atoms with van der Waals surface area (Å²) in [5.74, 6) is -0.203. The van der Waals surface area contributed by atoms with E-state index in [1.807, 2.05) is 30.3 Å². The van der Waals surface area contributed by atoms with Crippen molar-refractivity contribution in [1.29, 1.82) is 0 Å². The molecule has 1 saturated heterocycles. The van der Waals surface area contributed by atoms with Gasteiger partial charge in [0, 0.05) is 19.3 Å². The van der Waals surface area contributed by atoms with Gasteiger partial charge in [0.1, 0.15) is 5.60 Å². The van der Waals surface area contributed by atoms with Crippen LogP contribution in [0.1, 0.15) is 31.7 Å². The summed E-state index contributed by atoms with van der Waals surface area (Å²) in [6.45, 7) is 2.75.